The molecule has 2 N–H and O–H groups in total. The van der Waals surface area contributed by atoms with E-state index >= 15 is 0 Å². The van der Waals surface area contributed by atoms with Crippen molar-refractivity contribution < 1.29 is 47.7 Å². The third-order valence-electron chi connectivity index (χ3n) is 23.8. The van der Waals surface area contributed by atoms with Crippen LogP contribution in [0.4, 0.5) is 0 Å². The van der Waals surface area contributed by atoms with Crippen molar-refractivity contribution in [3.8, 4) is 12.3 Å². The van der Waals surface area contributed by atoms with Gasteiger partial charge >= 0.3 is 17.9 Å². The smallest absolute Gasteiger partial charge is 0.334 e. The summed E-state index contributed by atoms with van der Waals surface area (Å²) < 4.78 is 28.6. The minimum atomic E-state index is -1.57. The number of cyclic esters (lactones) is 3. The molecule has 93 heavy (non-hydrogen) atoms. The van der Waals surface area contributed by atoms with Crippen LogP contribution in [0, 0.1) is 81.8 Å². The molecule has 0 spiro atoms. The highest BCUT2D eigenvalue weighted by Crippen LogP contribution is 2.63. The number of hydrogen-bond acceptors (Lipinski definition) is 10. The van der Waals surface area contributed by atoms with E-state index in [0.717, 1.165) is 84.5 Å². The lowest BCUT2D eigenvalue weighted by atomic mass is 9.60. The minimum absolute atomic E-state index is 0.0000665. The second-order valence-electron chi connectivity index (χ2n) is 32.8. The Labute approximate surface area is 581 Å². The topological polar surface area (TPSA) is 138 Å². The first-order valence-corrected chi connectivity index (χ1v) is 44.4. The fourth-order valence-corrected chi connectivity index (χ4v) is 22.9. The molecule has 10 aliphatic rings. The van der Waals surface area contributed by atoms with Crippen molar-refractivity contribution >= 4 is 66.4 Å². The third kappa shape index (κ3) is 19.6. The fraction of sp³-hybridized carbons (Fsp3) is 0.709. The Morgan fingerprint density at radius 2 is 1.10 bits per heavy atom. The van der Waals surface area contributed by atoms with E-state index in [9.17, 15) is 24.6 Å². The van der Waals surface area contributed by atoms with Crippen LogP contribution in [0.3, 0.4) is 0 Å². The molecule has 0 aromatic rings. The van der Waals surface area contributed by atoms with Gasteiger partial charge in [0, 0.05) is 42.4 Å². The Balaban J connectivity index is 0.000000180. The van der Waals surface area contributed by atoms with Crippen molar-refractivity contribution in [2.75, 3.05) is 0 Å². The van der Waals surface area contributed by atoms with Crippen LogP contribution in [-0.4, -0.2) is 87.5 Å². The van der Waals surface area contributed by atoms with Crippen LogP contribution in [0.5, 0.6) is 0 Å². The van der Waals surface area contributed by atoms with Crippen LogP contribution in [0.15, 0.2) is 105 Å². The summed E-state index contributed by atoms with van der Waals surface area (Å²) >= 11 is 7.17. The van der Waals surface area contributed by atoms with Crippen LogP contribution in [0.2, 0.25) is 39.3 Å². The van der Waals surface area contributed by atoms with Gasteiger partial charge in [0.2, 0.25) is 0 Å². The second-order valence-corrected chi connectivity index (χ2v) is 42.6. The van der Waals surface area contributed by atoms with Crippen molar-refractivity contribution in [2.45, 2.75) is 285 Å². The van der Waals surface area contributed by atoms with Crippen molar-refractivity contribution in [3.63, 3.8) is 0 Å². The highest BCUT2D eigenvalue weighted by Gasteiger charge is 2.54. The van der Waals surface area contributed by atoms with Gasteiger partial charge in [-0.25, -0.2) is 14.4 Å². The summed E-state index contributed by atoms with van der Waals surface area (Å²) in [7, 11) is -3.13. The number of ether oxygens (including phenoxy) is 3. The lowest BCUT2D eigenvalue weighted by molar-refractivity contribution is -0.141. The Morgan fingerprint density at radius 1 is 0.656 bits per heavy atom. The van der Waals surface area contributed by atoms with E-state index in [0.29, 0.717) is 65.3 Å². The predicted molar refractivity (Wildman–Crippen MR) is 392 cm³/mol. The molecular formula is C79H120Br2O10Si2. The molecule has 7 saturated carbocycles. The monoisotopic (exact) mass is 1440 g/mol. The summed E-state index contributed by atoms with van der Waals surface area (Å²) in [5.74, 6) is 8.14. The molecule has 518 valence electrons. The highest BCUT2D eigenvalue weighted by molar-refractivity contribution is 9.11. The third-order valence-corrected chi connectivity index (χ3v) is 27.0. The Hall–Kier alpha value is -3.14. The van der Waals surface area contributed by atoms with Gasteiger partial charge in [-0.1, -0.05) is 122 Å². The normalized spacial score (nSPS) is 36.7. The number of esters is 3. The number of aliphatic hydroxyl groups is 2. The lowest BCUT2D eigenvalue weighted by Crippen LogP contribution is -2.37. The molecule has 7 aliphatic carbocycles. The Bertz CT molecular complexity index is 2900. The number of halogens is 2. The Kier molecular flexibility index (Phi) is 27.5. The molecule has 0 bridgehead atoms. The molecule has 1 saturated heterocycles. The maximum absolute atomic E-state index is 11.7. The zero-order valence-electron chi connectivity index (χ0n) is 59.7. The first kappa shape index (κ1) is 77.2. The molecular weight excluding hydrogens is 1320 g/mol. The molecule has 3 heterocycles. The van der Waals surface area contributed by atoms with E-state index in [2.05, 4.69) is 160 Å². The SMILES string of the molecule is C#CC[C@H](C[C@@H](C=C)O[Si](C)(C)C)O[Si](C)(C)C.C=C1/C(=C\C=C2/CCC[C@@]3(C)C2CC[C@@H]3[C@H](C)C[C@H]2C=C(C)C(=O)O2)C[C@@H](O)C[C@@H]1O.C=C1C[C@H](C[C@@H](C)[C@H]2CCC3/C(=C/Br)CCC[C@@]32C)OC1=O.CC1=C[C@H](C[C@@H](C)[C@H]2CCC3/C(=C/Br)CCC[C@@]32C)OC1=O. The van der Waals surface area contributed by atoms with Gasteiger partial charge in [0.1, 0.15) is 18.3 Å². The minimum Gasteiger partial charge on any atom is -0.459 e. The van der Waals surface area contributed by atoms with Crippen LogP contribution >= 0.6 is 31.9 Å². The fourth-order valence-electron chi connectivity index (χ4n) is 19.5. The number of carbonyl (C=O) groups is 3. The van der Waals surface area contributed by atoms with Crippen molar-refractivity contribution in [3.05, 3.63) is 105 Å². The Morgan fingerprint density at radius 3 is 1.48 bits per heavy atom. The largest absolute Gasteiger partial charge is 0.459 e. The van der Waals surface area contributed by atoms with Crippen LogP contribution < -0.4 is 0 Å². The average molecular weight is 1450 g/mol. The molecule has 8 fully saturated rings. The van der Waals surface area contributed by atoms with E-state index in [1.54, 1.807) is 11.1 Å². The number of rotatable bonds is 18. The maximum Gasteiger partial charge on any atom is 0.334 e. The quantitative estimate of drug-likeness (QED) is 0.0341. The van der Waals surface area contributed by atoms with Crippen molar-refractivity contribution in [1.82, 2.24) is 0 Å². The zero-order valence-corrected chi connectivity index (χ0v) is 64.8. The summed E-state index contributed by atoms with van der Waals surface area (Å²) in [5, 5.41) is 20.2. The molecule has 0 radical (unpaired) electrons. The van der Waals surface area contributed by atoms with Crippen LogP contribution in [0.25, 0.3) is 0 Å². The molecule has 10 rings (SSSR count). The van der Waals surface area contributed by atoms with Gasteiger partial charge in [-0.3, -0.25) is 0 Å². The molecule has 0 aromatic heterocycles. The number of allylic oxidation sites excluding steroid dienone is 5. The molecule has 3 aliphatic heterocycles. The summed E-state index contributed by atoms with van der Waals surface area (Å²) in [6.45, 7) is 43.0. The number of carbonyl (C=O) groups excluding carboxylic acids is 3. The number of hydrogen-bond donors (Lipinski definition) is 2. The first-order valence-electron chi connectivity index (χ1n) is 35.8. The predicted octanol–water partition coefficient (Wildman–Crippen LogP) is 19.8. The molecule has 19 atom stereocenters. The van der Waals surface area contributed by atoms with E-state index < -0.39 is 28.8 Å². The first-order chi connectivity index (χ1) is 43.7. The van der Waals surface area contributed by atoms with Crippen molar-refractivity contribution in [2.24, 2.45) is 69.5 Å². The standard InChI is InChI=1S/C27H38O4.2C19H27BrO2.C14H28O2Si2/c1-16(12-22-13-17(2)26(30)31-22)23-9-10-24-19(6-5-11-27(23,24)4)7-8-20-14-21(28)15-25(29)18(20)3;2*1-12(9-15-10-13(2)18(21)22-15)16-6-7-17-14(11-20)5-4-8-19(16,17)3;1-9-11-14(16-18(6,7)8)12-13(10-2)15-17(3,4)5/h7-8,13,16,21-25,28-29H,3,5-6,9-12,14-15H2,1-2,4H3;10-12,15-17H,4-9H2,1-3H3;11-12,15-17H,2,4-10H2,1,3H3;1,10,13-14H,2,11-12H2,3-8H3/b19-7+,20-8-;2*14-11+;/t16-,21-,22+,23-,24?,25+,27-;2*12-,15+,16-,17?,19-;13-,14-/m1111/s1. The summed E-state index contributed by atoms with van der Waals surface area (Å²) in [6.07, 6.45) is 39.8. The summed E-state index contributed by atoms with van der Waals surface area (Å²) in [4.78, 5) is 39.2. The number of aliphatic hydroxyl groups excluding tert-OH is 2. The zero-order chi connectivity index (χ0) is 68.5. The van der Waals surface area contributed by atoms with Gasteiger partial charge in [-0.2, -0.15) is 0 Å². The van der Waals surface area contributed by atoms with E-state index in [1.165, 1.54) is 95.5 Å². The average Bonchev–Trinajstić information content (AvgIpc) is 1.64. The van der Waals surface area contributed by atoms with Gasteiger partial charge in [0.25, 0.3) is 0 Å². The molecule has 0 aromatic carbocycles. The lowest BCUT2D eigenvalue weighted by Gasteiger charge is -2.44. The van der Waals surface area contributed by atoms with E-state index in [1.807, 2.05) is 32.1 Å². The van der Waals surface area contributed by atoms with Gasteiger partial charge in [0.15, 0.2) is 16.6 Å². The number of terminal acetylenes is 1. The second kappa shape index (κ2) is 33.1. The molecule has 3 unspecified atom stereocenters. The maximum atomic E-state index is 11.7. The molecule has 14 heteroatoms. The summed E-state index contributed by atoms with van der Waals surface area (Å²) in [5.41, 5.74) is 9.79. The number of fused-ring (bicyclic) bond motifs is 3. The van der Waals surface area contributed by atoms with Gasteiger partial charge in [0.05, 0.1) is 24.4 Å². The van der Waals surface area contributed by atoms with Gasteiger partial charge in [-0.05, 0) is 278 Å². The van der Waals surface area contributed by atoms with E-state index in [4.69, 9.17) is 29.5 Å². The van der Waals surface area contributed by atoms with E-state index in [-0.39, 0.29) is 53.8 Å². The van der Waals surface area contributed by atoms with Crippen LogP contribution in [0.1, 0.15) is 203 Å². The van der Waals surface area contributed by atoms with Crippen LogP contribution in [-0.2, 0) is 37.4 Å². The van der Waals surface area contributed by atoms with Crippen molar-refractivity contribution in [1.29, 1.82) is 0 Å². The summed E-state index contributed by atoms with van der Waals surface area (Å²) in [6, 6.07) is 0. The van der Waals surface area contributed by atoms with Gasteiger partial charge < -0.3 is 33.3 Å². The molecule has 0 amide bonds. The highest BCUT2D eigenvalue weighted by atomic mass is 79.9. The van der Waals surface area contributed by atoms with Gasteiger partial charge in [-0.15, -0.1) is 18.9 Å². The molecule has 10 nitrogen and oxygen atoms in total.